The van der Waals surface area contributed by atoms with E-state index in [4.69, 9.17) is 10.5 Å². The minimum Gasteiger partial charge on any atom is -0.493 e. The highest BCUT2D eigenvalue weighted by Crippen LogP contribution is 2.23. The lowest BCUT2D eigenvalue weighted by molar-refractivity contribution is 0.0692. The van der Waals surface area contributed by atoms with E-state index in [0.717, 1.165) is 5.56 Å². The van der Waals surface area contributed by atoms with E-state index in [1.165, 1.54) is 0 Å². The van der Waals surface area contributed by atoms with Gasteiger partial charge < -0.3 is 20.1 Å². The van der Waals surface area contributed by atoms with Crippen LogP contribution in [-0.2, 0) is 0 Å². The number of nitrogen functional groups attached to an aromatic ring is 1. The number of aryl methyl sites for hydroxylation is 1. The zero-order valence-corrected chi connectivity index (χ0v) is 15.2. The Morgan fingerprint density at radius 3 is 2.89 bits per heavy atom. The third-order valence-electron chi connectivity index (χ3n) is 4.21. The van der Waals surface area contributed by atoms with E-state index in [9.17, 15) is 9.90 Å². The maximum absolute atomic E-state index is 11.4. The first-order valence-corrected chi connectivity index (χ1v) is 8.55. The van der Waals surface area contributed by atoms with Crippen LogP contribution in [0.4, 0.5) is 5.82 Å². The van der Waals surface area contributed by atoms with E-state index >= 15 is 0 Å². The van der Waals surface area contributed by atoms with Gasteiger partial charge in [0.2, 0.25) is 0 Å². The largest absolute Gasteiger partial charge is 0.493 e. The zero-order chi connectivity index (χ0) is 19.4. The number of nitrogens with two attached hydrogens (primary N) is 1. The number of anilines is 1. The summed E-state index contributed by atoms with van der Waals surface area (Å²) in [6.07, 6.45) is 2.28. The molecule has 0 aliphatic heterocycles. The van der Waals surface area contributed by atoms with E-state index in [1.807, 2.05) is 36.6 Å². The first-order valence-electron chi connectivity index (χ1n) is 8.55. The summed E-state index contributed by atoms with van der Waals surface area (Å²) in [7, 11) is 0. The van der Waals surface area contributed by atoms with Crippen molar-refractivity contribution in [2.24, 2.45) is 0 Å². The maximum atomic E-state index is 11.4. The van der Waals surface area contributed by atoms with Crippen LogP contribution in [0.1, 0.15) is 35.3 Å². The van der Waals surface area contributed by atoms with Crippen LogP contribution in [0, 0.1) is 6.92 Å². The molecule has 0 fully saturated rings. The number of benzene rings is 1. The Labute approximate surface area is 156 Å². The fourth-order valence-corrected chi connectivity index (χ4v) is 2.74. The molecule has 27 heavy (non-hydrogen) atoms. The van der Waals surface area contributed by atoms with Crippen LogP contribution >= 0.6 is 0 Å². The molecule has 0 aliphatic carbocycles. The molecule has 1 aromatic carbocycles. The number of pyridine rings is 1. The molecule has 0 bridgehead atoms. The Kier molecular flexibility index (Phi) is 5.35. The van der Waals surface area contributed by atoms with Gasteiger partial charge in [-0.15, -0.1) is 10.2 Å². The van der Waals surface area contributed by atoms with Gasteiger partial charge in [-0.3, -0.25) is 0 Å². The summed E-state index contributed by atoms with van der Waals surface area (Å²) in [6, 6.07) is 10.5. The number of ether oxygens (including phenoxy) is 1. The Morgan fingerprint density at radius 1 is 1.33 bits per heavy atom. The molecule has 3 rings (SSSR count). The van der Waals surface area contributed by atoms with Gasteiger partial charge in [0.05, 0.1) is 6.61 Å². The number of carboxylic acids is 1. The molecule has 2 heterocycles. The fraction of sp³-hybridized carbons (Fsp3) is 0.263. The Balaban J connectivity index is 1.69. The number of aromatic carboxylic acids is 1. The molecule has 0 saturated carbocycles. The highest BCUT2D eigenvalue weighted by atomic mass is 16.5. The summed E-state index contributed by atoms with van der Waals surface area (Å²) in [5.74, 6) is 0.396. The predicted molar refractivity (Wildman–Crippen MR) is 101 cm³/mol. The maximum Gasteiger partial charge on any atom is 0.339 e. The lowest BCUT2D eigenvalue weighted by atomic mass is 10.1. The standard InChI is InChI=1S/C19H21N5O3/c1-12-6-7-16(14(10-12)19(25)26)27-9-8-13(2)24-11-21-23-18(24)15-4-3-5-17(20)22-15/h3-7,10-11,13H,8-9H2,1-2H3,(H2,20,22)(H,25,26). The molecular weight excluding hydrogens is 346 g/mol. The van der Waals surface area contributed by atoms with Crippen molar-refractivity contribution in [2.75, 3.05) is 12.3 Å². The van der Waals surface area contributed by atoms with Crippen molar-refractivity contribution < 1.29 is 14.6 Å². The van der Waals surface area contributed by atoms with Crippen LogP contribution in [0.5, 0.6) is 5.75 Å². The number of aromatic nitrogens is 4. The van der Waals surface area contributed by atoms with Gasteiger partial charge >= 0.3 is 5.97 Å². The van der Waals surface area contributed by atoms with Crippen molar-refractivity contribution in [2.45, 2.75) is 26.3 Å². The van der Waals surface area contributed by atoms with Crippen molar-refractivity contribution in [1.82, 2.24) is 19.7 Å². The summed E-state index contributed by atoms with van der Waals surface area (Å²) in [4.78, 5) is 15.7. The second-order valence-electron chi connectivity index (χ2n) is 6.30. The summed E-state index contributed by atoms with van der Waals surface area (Å²) < 4.78 is 7.62. The molecule has 140 valence electrons. The average Bonchev–Trinajstić information content (AvgIpc) is 3.12. The van der Waals surface area contributed by atoms with Crippen molar-refractivity contribution in [3.63, 3.8) is 0 Å². The molecule has 8 nitrogen and oxygen atoms in total. The zero-order valence-electron chi connectivity index (χ0n) is 15.2. The van der Waals surface area contributed by atoms with E-state index in [0.29, 0.717) is 36.1 Å². The molecule has 0 saturated heterocycles. The second-order valence-corrected chi connectivity index (χ2v) is 6.30. The van der Waals surface area contributed by atoms with E-state index < -0.39 is 5.97 Å². The van der Waals surface area contributed by atoms with Gasteiger partial charge in [-0.1, -0.05) is 17.7 Å². The minimum atomic E-state index is -1.00. The van der Waals surface area contributed by atoms with Gasteiger partial charge in [-0.2, -0.15) is 0 Å². The monoisotopic (exact) mass is 367 g/mol. The number of carbonyl (C=O) groups is 1. The molecule has 0 amide bonds. The quantitative estimate of drug-likeness (QED) is 0.659. The van der Waals surface area contributed by atoms with Crippen LogP contribution < -0.4 is 10.5 Å². The van der Waals surface area contributed by atoms with E-state index in [-0.39, 0.29) is 11.6 Å². The number of rotatable bonds is 7. The van der Waals surface area contributed by atoms with E-state index in [2.05, 4.69) is 15.2 Å². The molecule has 0 spiro atoms. The summed E-state index contributed by atoms with van der Waals surface area (Å²) in [5, 5.41) is 17.4. The molecule has 2 aromatic heterocycles. The lowest BCUT2D eigenvalue weighted by Crippen LogP contribution is -2.12. The topological polar surface area (TPSA) is 116 Å². The summed E-state index contributed by atoms with van der Waals surface area (Å²) in [6.45, 7) is 4.21. The minimum absolute atomic E-state index is 0.0250. The second kappa shape index (κ2) is 7.86. The third-order valence-corrected chi connectivity index (χ3v) is 4.21. The first-order chi connectivity index (χ1) is 13.0. The van der Waals surface area contributed by atoms with Gasteiger partial charge in [0.1, 0.15) is 29.2 Å². The third kappa shape index (κ3) is 4.22. The molecule has 3 N–H and O–H groups in total. The van der Waals surface area contributed by atoms with Crippen molar-refractivity contribution >= 4 is 11.8 Å². The van der Waals surface area contributed by atoms with Gasteiger partial charge in [0.15, 0.2) is 5.82 Å². The summed E-state index contributed by atoms with van der Waals surface area (Å²) in [5.41, 5.74) is 7.43. The normalized spacial score (nSPS) is 11.9. The predicted octanol–water partition coefficient (Wildman–Crippen LogP) is 2.96. The molecule has 1 atom stereocenters. The number of carboxylic acid groups (broad SMARTS) is 1. The number of nitrogens with zero attached hydrogens (tertiary/aromatic N) is 4. The number of hydrogen-bond donors (Lipinski definition) is 2. The fourth-order valence-electron chi connectivity index (χ4n) is 2.74. The highest BCUT2D eigenvalue weighted by Gasteiger charge is 2.16. The lowest BCUT2D eigenvalue weighted by Gasteiger charge is -2.16. The molecule has 8 heteroatoms. The van der Waals surface area contributed by atoms with E-state index in [1.54, 1.807) is 24.5 Å². The van der Waals surface area contributed by atoms with Gasteiger partial charge in [-0.05, 0) is 38.1 Å². The Morgan fingerprint density at radius 2 is 2.15 bits per heavy atom. The van der Waals surface area contributed by atoms with Gasteiger partial charge in [0, 0.05) is 12.5 Å². The Bertz CT molecular complexity index is 954. The van der Waals surface area contributed by atoms with Crippen molar-refractivity contribution in [1.29, 1.82) is 0 Å². The molecule has 3 aromatic rings. The molecule has 0 radical (unpaired) electrons. The van der Waals surface area contributed by atoms with Crippen LogP contribution in [0.25, 0.3) is 11.5 Å². The molecule has 1 unspecified atom stereocenters. The van der Waals surface area contributed by atoms with Crippen LogP contribution in [0.15, 0.2) is 42.7 Å². The van der Waals surface area contributed by atoms with Crippen LogP contribution in [0.3, 0.4) is 0 Å². The Hall–Kier alpha value is -3.42. The average molecular weight is 367 g/mol. The smallest absolute Gasteiger partial charge is 0.339 e. The van der Waals surface area contributed by atoms with Crippen LogP contribution in [0.2, 0.25) is 0 Å². The summed E-state index contributed by atoms with van der Waals surface area (Å²) >= 11 is 0. The van der Waals surface area contributed by atoms with Crippen LogP contribution in [-0.4, -0.2) is 37.4 Å². The van der Waals surface area contributed by atoms with Crippen molar-refractivity contribution in [3.8, 4) is 17.3 Å². The van der Waals surface area contributed by atoms with Crippen molar-refractivity contribution in [3.05, 3.63) is 53.9 Å². The van der Waals surface area contributed by atoms with Gasteiger partial charge in [-0.25, -0.2) is 9.78 Å². The molecule has 0 aliphatic rings. The van der Waals surface area contributed by atoms with Gasteiger partial charge in [0.25, 0.3) is 0 Å². The first kappa shape index (κ1) is 18.4. The SMILES string of the molecule is Cc1ccc(OCCC(C)n2cnnc2-c2cccc(N)n2)c(C(=O)O)c1. The number of hydrogen-bond acceptors (Lipinski definition) is 6. The highest BCUT2D eigenvalue weighted by molar-refractivity contribution is 5.91. The molecular formula is C19H21N5O3.